The standard InChI is InChI=1S/C9H13N3O/c1-2-3-6-7(9(11)13)4-5-12-8(6)10/h4-5H,2-3H2,1H3,(H2,10,12)(H2,11,13). The number of nitrogen functional groups attached to an aromatic ring is 1. The molecule has 0 aliphatic rings. The maximum atomic E-state index is 11.0. The van der Waals surface area contributed by atoms with Crippen molar-refractivity contribution in [2.45, 2.75) is 19.8 Å². The summed E-state index contributed by atoms with van der Waals surface area (Å²) in [5.41, 5.74) is 12.1. The Morgan fingerprint density at radius 3 is 2.85 bits per heavy atom. The Morgan fingerprint density at radius 2 is 2.31 bits per heavy atom. The molecule has 4 N–H and O–H groups in total. The van der Waals surface area contributed by atoms with Crippen LogP contribution in [0.25, 0.3) is 0 Å². The Kier molecular flexibility index (Phi) is 2.84. The molecule has 70 valence electrons. The van der Waals surface area contributed by atoms with E-state index in [1.807, 2.05) is 6.92 Å². The van der Waals surface area contributed by atoms with Gasteiger partial charge in [0.15, 0.2) is 0 Å². The van der Waals surface area contributed by atoms with Gasteiger partial charge < -0.3 is 11.5 Å². The number of carbonyl (C=O) groups is 1. The number of anilines is 1. The molecule has 0 saturated carbocycles. The Balaban J connectivity index is 3.17. The fraction of sp³-hybridized carbons (Fsp3) is 0.333. The Labute approximate surface area is 77.0 Å². The SMILES string of the molecule is CCCc1c(C(N)=O)ccnc1N. The highest BCUT2D eigenvalue weighted by atomic mass is 16.1. The van der Waals surface area contributed by atoms with Crippen LogP contribution in [-0.4, -0.2) is 10.9 Å². The first-order chi connectivity index (χ1) is 6.16. The van der Waals surface area contributed by atoms with Crippen molar-refractivity contribution in [3.05, 3.63) is 23.4 Å². The molecule has 0 aliphatic heterocycles. The molecule has 0 bridgehead atoms. The second-order valence-electron chi connectivity index (χ2n) is 2.84. The summed E-state index contributed by atoms with van der Waals surface area (Å²) in [4.78, 5) is 14.9. The molecule has 0 radical (unpaired) electrons. The summed E-state index contributed by atoms with van der Waals surface area (Å²) in [6.45, 7) is 2.01. The Bertz CT molecular complexity index is 323. The van der Waals surface area contributed by atoms with Crippen LogP contribution in [-0.2, 0) is 6.42 Å². The Morgan fingerprint density at radius 1 is 1.62 bits per heavy atom. The van der Waals surface area contributed by atoms with Crippen LogP contribution in [0.5, 0.6) is 0 Å². The third-order valence-electron chi connectivity index (χ3n) is 1.85. The van der Waals surface area contributed by atoms with Crippen molar-refractivity contribution in [2.75, 3.05) is 5.73 Å². The van der Waals surface area contributed by atoms with Gasteiger partial charge in [0.25, 0.3) is 0 Å². The summed E-state index contributed by atoms with van der Waals surface area (Å²) < 4.78 is 0. The number of hydrogen-bond donors (Lipinski definition) is 2. The largest absolute Gasteiger partial charge is 0.383 e. The number of rotatable bonds is 3. The zero-order chi connectivity index (χ0) is 9.84. The maximum Gasteiger partial charge on any atom is 0.249 e. The van der Waals surface area contributed by atoms with E-state index in [2.05, 4.69) is 4.98 Å². The van der Waals surface area contributed by atoms with Crippen LogP contribution < -0.4 is 11.5 Å². The van der Waals surface area contributed by atoms with Crippen LogP contribution in [0.2, 0.25) is 0 Å². The number of nitrogens with two attached hydrogens (primary N) is 2. The van der Waals surface area contributed by atoms with E-state index in [-0.39, 0.29) is 0 Å². The average Bonchev–Trinajstić information content (AvgIpc) is 2.08. The molecular formula is C9H13N3O. The van der Waals surface area contributed by atoms with E-state index in [4.69, 9.17) is 11.5 Å². The number of pyridine rings is 1. The molecule has 4 heteroatoms. The molecular weight excluding hydrogens is 166 g/mol. The zero-order valence-corrected chi connectivity index (χ0v) is 7.58. The summed E-state index contributed by atoms with van der Waals surface area (Å²) in [6.07, 6.45) is 3.14. The van der Waals surface area contributed by atoms with Crippen LogP contribution in [0.3, 0.4) is 0 Å². The van der Waals surface area contributed by atoms with Crippen molar-refractivity contribution in [3.63, 3.8) is 0 Å². The van der Waals surface area contributed by atoms with Crippen LogP contribution in [0, 0.1) is 0 Å². The highest BCUT2D eigenvalue weighted by Gasteiger charge is 2.10. The number of hydrogen-bond acceptors (Lipinski definition) is 3. The van der Waals surface area contributed by atoms with Gasteiger partial charge in [-0.2, -0.15) is 0 Å². The van der Waals surface area contributed by atoms with E-state index in [1.165, 1.54) is 6.20 Å². The topological polar surface area (TPSA) is 82.0 Å². The lowest BCUT2D eigenvalue weighted by Crippen LogP contribution is -2.15. The van der Waals surface area contributed by atoms with E-state index in [0.717, 1.165) is 18.4 Å². The monoisotopic (exact) mass is 179 g/mol. The number of carbonyl (C=O) groups excluding carboxylic acids is 1. The predicted molar refractivity (Wildman–Crippen MR) is 51.2 cm³/mol. The van der Waals surface area contributed by atoms with Crippen molar-refractivity contribution in [3.8, 4) is 0 Å². The van der Waals surface area contributed by atoms with Gasteiger partial charge >= 0.3 is 0 Å². The van der Waals surface area contributed by atoms with Gasteiger partial charge in [-0.1, -0.05) is 13.3 Å². The van der Waals surface area contributed by atoms with Crippen LogP contribution in [0.1, 0.15) is 29.3 Å². The predicted octanol–water partition coefficient (Wildman–Crippen LogP) is 0.715. The number of amides is 1. The third kappa shape index (κ3) is 1.96. The zero-order valence-electron chi connectivity index (χ0n) is 7.58. The lowest BCUT2D eigenvalue weighted by atomic mass is 10.0. The van der Waals surface area contributed by atoms with Gasteiger partial charge in [0, 0.05) is 17.3 Å². The third-order valence-corrected chi connectivity index (χ3v) is 1.85. The Hall–Kier alpha value is -1.58. The van der Waals surface area contributed by atoms with Gasteiger partial charge in [-0.15, -0.1) is 0 Å². The van der Waals surface area contributed by atoms with Gasteiger partial charge in [-0.25, -0.2) is 4.98 Å². The first kappa shape index (κ1) is 9.51. The number of primary amides is 1. The van der Waals surface area contributed by atoms with E-state index in [1.54, 1.807) is 6.07 Å². The summed E-state index contributed by atoms with van der Waals surface area (Å²) in [5, 5.41) is 0. The van der Waals surface area contributed by atoms with Gasteiger partial charge in [0.05, 0.1) is 0 Å². The highest BCUT2D eigenvalue weighted by molar-refractivity contribution is 5.95. The van der Waals surface area contributed by atoms with E-state index >= 15 is 0 Å². The van der Waals surface area contributed by atoms with Crippen molar-refractivity contribution < 1.29 is 4.79 Å². The summed E-state index contributed by atoms with van der Waals surface area (Å²) in [6, 6.07) is 1.60. The number of aromatic nitrogens is 1. The fourth-order valence-electron chi connectivity index (χ4n) is 1.25. The van der Waals surface area contributed by atoms with Gasteiger partial charge in [0.1, 0.15) is 5.82 Å². The molecule has 4 nitrogen and oxygen atoms in total. The molecule has 0 aromatic carbocycles. The average molecular weight is 179 g/mol. The van der Waals surface area contributed by atoms with Gasteiger partial charge in [-0.05, 0) is 12.5 Å². The molecule has 0 fully saturated rings. The lowest BCUT2D eigenvalue weighted by Gasteiger charge is -2.06. The molecule has 1 aromatic rings. The minimum absolute atomic E-state index is 0.401. The maximum absolute atomic E-state index is 11.0. The molecule has 1 aromatic heterocycles. The number of nitrogens with zero attached hydrogens (tertiary/aromatic N) is 1. The summed E-state index contributed by atoms with van der Waals surface area (Å²) >= 11 is 0. The fourth-order valence-corrected chi connectivity index (χ4v) is 1.25. The van der Waals surface area contributed by atoms with E-state index in [0.29, 0.717) is 11.4 Å². The van der Waals surface area contributed by atoms with Gasteiger partial charge in [-0.3, -0.25) is 4.79 Å². The molecule has 1 amide bonds. The van der Waals surface area contributed by atoms with Crippen LogP contribution in [0.15, 0.2) is 12.3 Å². The first-order valence-electron chi connectivity index (χ1n) is 4.20. The van der Waals surface area contributed by atoms with Crippen molar-refractivity contribution in [2.24, 2.45) is 5.73 Å². The highest BCUT2D eigenvalue weighted by Crippen LogP contribution is 2.15. The quantitative estimate of drug-likeness (QED) is 0.717. The lowest BCUT2D eigenvalue weighted by molar-refractivity contribution is 0.0999. The first-order valence-corrected chi connectivity index (χ1v) is 4.20. The van der Waals surface area contributed by atoms with Crippen molar-refractivity contribution in [1.82, 2.24) is 4.98 Å². The second kappa shape index (κ2) is 3.89. The van der Waals surface area contributed by atoms with E-state index in [9.17, 15) is 4.79 Å². The summed E-state index contributed by atoms with van der Waals surface area (Å²) in [7, 11) is 0. The molecule has 13 heavy (non-hydrogen) atoms. The molecule has 0 spiro atoms. The van der Waals surface area contributed by atoms with Gasteiger partial charge in [0.2, 0.25) is 5.91 Å². The van der Waals surface area contributed by atoms with Crippen LogP contribution in [0.4, 0.5) is 5.82 Å². The molecule has 0 saturated heterocycles. The van der Waals surface area contributed by atoms with Crippen molar-refractivity contribution >= 4 is 11.7 Å². The molecule has 1 heterocycles. The smallest absolute Gasteiger partial charge is 0.249 e. The molecule has 0 aliphatic carbocycles. The minimum atomic E-state index is -0.447. The normalized spacial score (nSPS) is 9.92. The second-order valence-corrected chi connectivity index (χ2v) is 2.84. The van der Waals surface area contributed by atoms with Crippen molar-refractivity contribution in [1.29, 1.82) is 0 Å². The van der Waals surface area contributed by atoms with E-state index < -0.39 is 5.91 Å². The molecule has 0 unspecified atom stereocenters. The molecule has 0 atom stereocenters. The van der Waals surface area contributed by atoms with Crippen LogP contribution >= 0.6 is 0 Å². The summed E-state index contributed by atoms with van der Waals surface area (Å²) in [5.74, 6) is -0.0456. The molecule has 1 rings (SSSR count). The minimum Gasteiger partial charge on any atom is -0.383 e.